The lowest BCUT2D eigenvalue weighted by molar-refractivity contribution is -0.145. The van der Waals surface area contributed by atoms with Crippen LogP contribution in [0.1, 0.15) is 44.3 Å². The molecule has 0 aliphatic carbocycles. The topological polar surface area (TPSA) is 128 Å². The first-order chi connectivity index (χ1) is 19.9. The van der Waals surface area contributed by atoms with Gasteiger partial charge in [0.2, 0.25) is 0 Å². The van der Waals surface area contributed by atoms with E-state index < -0.39 is 35.4 Å². The minimum absolute atomic E-state index is 0.00587. The SMILES string of the molecule is CCOC(=O)C1=C(CN2C[C@H]3CN(C(C)(C)C)C(=O)N3C[C@@H]2C(=O)O)NC(c2nccs2)=N[C@H]1c1ccc(F)cc1Cl. The number of carbonyl (C=O) groups excluding carboxylic acids is 2. The first-order valence-electron chi connectivity index (χ1n) is 13.5. The molecule has 0 radical (unpaired) electrons. The molecule has 42 heavy (non-hydrogen) atoms. The third-order valence-corrected chi connectivity index (χ3v) is 8.64. The molecule has 5 rings (SSSR count). The summed E-state index contributed by atoms with van der Waals surface area (Å²) in [6.45, 7) is 8.31. The second kappa shape index (κ2) is 11.6. The number of carboxylic acid groups (broad SMARTS) is 1. The van der Waals surface area contributed by atoms with E-state index in [1.165, 1.54) is 23.5 Å². The van der Waals surface area contributed by atoms with Crippen molar-refractivity contribution in [2.24, 2.45) is 4.99 Å². The minimum atomic E-state index is -1.09. The number of amides is 2. The van der Waals surface area contributed by atoms with Gasteiger partial charge < -0.3 is 25.0 Å². The molecule has 4 heterocycles. The average molecular weight is 619 g/mol. The maximum absolute atomic E-state index is 14.0. The Morgan fingerprint density at radius 3 is 2.64 bits per heavy atom. The fraction of sp³-hybridized carbons (Fsp3) is 0.464. The number of thiazole rings is 1. The van der Waals surface area contributed by atoms with Crippen LogP contribution in [0.5, 0.6) is 0 Å². The van der Waals surface area contributed by atoms with Gasteiger partial charge in [0.25, 0.3) is 0 Å². The molecule has 0 unspecified atom stereocenters. The highest BCUT2D eigenvalue weighted by Crippen LogP contribution is 2.37. The van der Waals surface area contributed by atoms with E-state index in [0.29, 0.717) is 28.6 Å². The van der Waals surface area contributed by atoms with E-state index in [1.807, 2.05) is 20.8 Å². The number of hydrogen-bond acceptors (Lipinski definition) is 9. The van der Waals surface area contributed by atoms with Crippen LogP contribution in [0, 0.1) is 5.82 Å². The third-order valence-electron chi connectivity index (χ3n) is 7.54. The van der Waals surface area contributed by atoms with Crippen molar-refractivity contribution in [3.63, 3.8) is 0 Å². The Kier molecular flexibility index (Phi) is 8.28. The van der Waals surface area contributed by atoms with E-state index in [2.05, 4.69) is 10.3 Å². The second-order valence-corrected chi connectivity index (χ2v) is 12.6. The number of esters is 1. The zero-order valence-electron chi connectivity index (χ0n) is 23.6. The average Bonchev–Trinajstić information content (AvgIpc) is 3.56. The number of nitrogens with zero attached hydrogens (tertiary/aromatic N) is 5. The molecule has 14 heteroatoms. The summed E-state index contributed by atoms with van der Waals surface area (Å²) in [6, 6.07) is 1.43. The van der Waals surface area contributed by atoms with Crippen LogP contribution in [0.15, 0.2) is 46.0 Å². The van der Waals surface area contributed by atoms with Gasteiger partial charge in [0.1, 0.15) is 17.9 Å². The lowest BCUT2D eigenvalue weighted by Crippen LogP contribution is -2.61. The van der Waals surface area contributed by atoms with Gasteiger partial charge in [-0.15, -0.1) is 11.3 Å². The minimum Gasteiger partial charge on any atom is -0.480 e. The predicted octanol–water partition coefficient (Wildman–Crippen LogP) is 3.52. The van der Waals surface area contributed by atoms with Crippen molar-refractivity contribution < 1.29 is 28.6 Å². The summed E-state index contributed by atoms with van der Waals surface area (Å²) in [5.74, 6) is -1.93. The number of piperazine rings is 1. The van der Waals surface area contributed by atoms with E-state index in [4.69, 9.17) is 21.3 Å². The van der Waals surface area contributed by atoms with Gasteiger partial charge in [-0.3, -0.25) is 14.7 Å². The number of nitrogens with one attached hydrogen (secondary N) is 1. The molecule has 2 amide bonds. The molecule has 2 saturated heterocycles. The van der Waals surface area contributed by atoms with Crippen molar-refractivity contribution >= 4 is 46.7 Å². The van der Waals surface area contributed by atoms with Gasteiger partial charge in [0.15, 0.2) is 10.8 Å². The van der Waals surface area contributed by atoms with Crippen molar-refractivity contribution in [1.82, 2.24) is 25.0 Å². The van der Waals surface area contributed by atoms with Crippen LogP contribution >= 0.6 is 22.9 Å². The van der Waals surface area contributed by atoms with Crippen molar-refractivity contribution in [3.05, 3.63) is 62.5 Å². The summed E-state index contributed by atoms with van der Waals surface area (Å²) in [7, 11) is 0. The van der Waals surface area contributed by atoms with Crippen LogP contribution in [0.25, 0.3) is 0 Å². The summed E-state index contributed by atoms with van der Waals surface area (Å²) in [5.41, 5.74) is 0.464. The summed E-state index contributed by atoms with van der Waals surface area (Å²) >= 11 is 7.79. The number of rotatable bonds is 7. The fourth-order valence-electron chi connectivity index (χ4n) is 5.52. The Morgan fingerprint density at radius 2 is 2.02 bits per heavy atom. The lowest BCUT2D eigenvalue weighted by atomic mass is 9.94. The molecular formula is C28H32ClFN6O5S. The van der Waals surface area contributed by atoms with Crippen LogP contribution < -0.4 is 5.32 Å². The first kappa shape index (κ1) is 29.9. The summed E-state index contributed by atoms with van der Waals surface area (Å²) in [5, 5.41) is 15.8. The van der Waals surface area contributed by atoms with E-state index >= 15 is 0 Å². The molecule has 0 spiro atoms. The number of ether oxygens (including phenoxy) is 1. The molecule has 224 valence electrons. The number of fused-ring (bicyclic) bond motifs is 1. The maximum atomic E-state index is 14.0. The number of aliphatic carboxylic acids is 1. The Hall–Kier alpha value is -3.55. The van der Waals surface area contributed by atoms with Gasteiger partial charge in [0, 0.05) is 59.6 Å². The number of carboxylic acids is 1. The van der Waals surface area contributed by atoms with Gasteiger partial charge in [-0.25, -0.2) is 19.0 Å². The van der Waals surface area contributed by atoms with Crippen LogP contribution in [-0.4, -0.2) is 99.0 Å². The number of aliphatic imine (C=N–C) groups is 1. The van der Waals surface area contributed by atoms with Gasteiger partial charge in [-0.1, -0.05) is 17.7 Å². The molecule has 1 aromatic heterocycles. The molecule has 0 bridgehead atoms. The molecule has 0 saturated carbocycles. The largest absolute Gasteiger partial charge is 0.480 e. The zero-order valence-corrected chi connectivity index (χ0v) is 25.2. The Bertz CT molecular complexity index is 1460. The second-order valence-electron chi connectivity index (χ2n) is 11.3. The number of amidine groups is 1. The highest BCUT2D eigenvalue weighted by Gasteiger charge is 2.49. The van der Waals surface area contributed by atoms with Crippen LogP contribution in [0.4, 0.5) is 9.18 Å². The summed E-state index contributed by atoms with van der Waals surface area (Å²) in [6.07, 6.45) is 1.62. The lowest BCUT2D eigenvalue weighted by Gasteiger charge is -2.41. The molecule has 1 aromatic carbocycles. The zero-order chi connectivity index (χ0) is 30.3. The molecule has 11 nitrogen and oxygen atoms in total. The number of urea groups is 1. The van der Waals surface area contributed by atoms with Crippen LogP contribution in [0.2, 0.25) is 5.02 Å². The molecule has 2 fully saturated rings. The molecule has 3 aliphatic rings. The van der Waals surface area contributed by atoms with Crippen molar-refractivity contribution in [2.75, 3.05) is 32.8 Å². The highest BCUT2D eigenvalue weighted by molar-refractivity contribution is 7.11. The molecular weight excluding hydrogens is 587 g/mol. The number of carbonyl (C=O) groups is 3. The molecule has 3 atom stereocenters. The quantitative estimate of drug-likeness (QED) is 0.451. The molecule has 2 aromatic rings. The molecule has 3 aliphatic heterocycles. The summed E-state index contributed by atoms with van der Waals surface area (Å²) < 4.78 is 19.4. The maximum Gasteiger partial charge on any atom is 0.338 e. The first-order valence-corrected chi connectivity index (χ1v) is 14.8. The monoisotopic (exact) mass is 618 g/mol. The van der Waals surface area contributed by atoms with Gasteiger partial charge >= 0.3 is 18.0 Å². The van der Waals surface area contributed by atoms with Crippen molar-refractivity contribution in [1.29, 1.82) is 0 Å². The predicted molar refractivity (Wildman–Crippen MR) is 155 cm³/mol. The summed E-state index contributed by atoms with van der Waals surface area (Å²) in [4.78, 5) is 53.4. The highest BCUT2D eigenvalue weighted by atomic mass is 35.5. The number of hydrogen-bond donors (Lipinski definition) is 2. The number of aromatic nitrogens is 1. The Balaban J connectivity index is 1.57. The van der Waals surface area contributed by atoms with Gasteiger partial charge in [-0.05, 0) is 39.8 Å². The van der Waals surface area contributed by atoms with E-state index in [-0.39, 0.29) is 48.9 Å². The Labute approximate surface area is 251 Å². The van der Waals surface area contributed by atoms with Gasteiger partial charge in [-0.2, -0.15) is 0 Å². The Morgan fingerprint density at radius 1 is 1.26 bits per heavy atom. The van der Waals surface area contributed by atoms with Crippen LogP contribution in [-0.2, 0) is 14.3 Å². The standard InChI is InChI=1S/C28H32ClFN6O5S/c1-5-41-26(39)21-19(13-34-11-16-12-36(28(2,3)4)27(40)35(16)14-20(34)25(37)38)32-23(24-31-8-9-42-24)33-22(21)17-7-6-15(30)10-18(17)29/h6-10,16,20,22H,5,11-14H2,1-4H3,(H,32,33)(H,37,38)/t16-,20+,22-/m0/s1. The third kappa shape index (κ3) is 5.72. The van der Waals surface area contributed by atoms with Gasteiger partial charge in [0.05, 0.1) is 18.2 Å². The van der Waals surface area contributed by atoms with Crippen molar-refractivity contribution in [2.45, 2.75) is 51.4 Å². The number of halogens is 2. The molecule has 2 N–H and O–H groups in total. The van der Waals surface area contributed by atoms with E-state index in [9.17, 15) is 23.9 Å². The normalized spacial score (nSPS) is 23.0. The smallest absolute Gasteiger partial charge is 0.338 e. The van der Waals surface area contributed by atoms with Crippen molar-refractivity contribution in [3.8, 4) is 0 Å². The number of benzene rings is 1. The van der Waals surface area contributed by atoms with E-state index in [1.54, 1.807) is 33.2 Å². The van der Waals surface area contributed by atoms with E-state index in [0.717, 1.165) is 6.07 Å². The fourth-order valence-corrected chi connectivity index (χ4v) is 6.38. The van der Waals surface area contributed by atoms with Crippen LogP contribution in [0.3, 0.4) is 0 Å².